The van der Waals surface area contributed by atoms with Gasteiger partial charge in [-0.15, -0.1) is 0 Å². The Kier molecular flexibility index (Phi) is 5.62. The molecule has 0 saturated heterocycles. The summed E-state index contributed by atoms with van der Waals surface area (Å²) in [5.74, 6) is -0.0128. The fourth-order valence-corrected chi connectivity index (χ4v) is 1.52. The summed E-state index contributed by atoms with van der Waals surface area (Å²) in [5, 5.41) is 9.07. The second-order valence-corrected chi connectivity index (χ2v) is 4.28. The minimum absolute atomic E-state index is 0.318. The first-order valence-electron chi connectivity index (χ1n) is 6.22. The van der Waals surface area contributed by atoms with Crippen LogP contribution in [-0.4, -0.2) is 12.6 Å². The van der Waals surface area contributed by atoms with Crippen molar-refractivity contribution in [3.05, 3.63) is 42.1 Å². The third-order valence-corrected chi connectivity index (χ3v) is 2.59. The van der Waals surface area contributed by atoms with Crippen LogP contribution in [0.5, 0.6) is 0 Å². The first-order valence-corrected chi connectivity index (χ1v) is 6.22. The van der Waals surface area contributed by atoms with Crippen molar-refractivity contribution in [1.29, 1.82) is 5.26 Å². The van der Waals surface area contributed by atoms with Crippen LogP contribution in [0.15, 0.2) is 36.5 Å². The molecule has 4 nitrogen and oxygen atoms in total. The quantitative estimate of drug-likeness (QED) is 0.352. The van der Waals surface area contributed by atoms with E-state index in [1.165, 1.54) is 22.7 Å². The van der Waals surface area contributed by atoms with Crippen LogP contribution in [0, 0.1) is 11.5 Å². The zero-order chi connectivity index (χ0) is 14.3. The van der Waals surface area contributed by atoms with Gasteiger partial charge in [0.15, 0.2) is 6.19 Å². The third-order valence-electron chi connectivity index (χ3n) is 2.59. The van der Waals surface area contributed by atoms with Crippen molar-refractivity contribution in [2.24, 2.45) is 0 Å². The number of anilines is 1. The molecule has 1 aromatic carbocycles. The number of rotatable bonds is 5. The first-order chi connectivity index (χ1) is 9.08. The number of hydrogen-bond acceptors (Lipinski definition) is 4. The van der Waals surface area contributed by atoms with Gasteiger partial charge >= 0.3 is 5.97 Å². The minimum atomic E-state index is -0.457. The Morgan fingerprint density at radius 2 is 2.05 bits per heavy atom. The summed E-state index contributed by atoms with van der Waals surface area (Å²) in [4.78, 5) is 12.5. The lowest BCUT2D eigenvalue weighted by Crippen LogP contribution is -2.09. The summed E-state index contributed by atoms with van der Waals surface area (Å²) < 4.78 is 4.76. The number of carbonyl (C=O) groups excluding carboxylic acids is 1. The summed E-state index contributed by atoms with van der Waals surface area (Å²) in [6, 6.07) is 7.66. The zero-order valence-corrected chi connectivity index (χ0v) is 11.5. The Morgan fingerprint density at radius 1 is 1.42 bits per heavy atom. The van der Waals surface area contributed by atoms with E-state index < -0.39 is 5.97 Å². The number of nitriles is 1. The molecule has 0 bridgehead atoms. The van der Waals surface area contributed by atoms with Crippen molar-refractivity contribution >= 4 is 11.7 Å². The third kappa shape index (κ3) is 4.47. The highest BCUT2D eigenvalue weighted by atomic mass is 16.5. The lowest BCUT2D eigenvalue weighted by Gasteiger charge is -2.12. The van der Waals surface area contributed by atoms with Crippen LogP contribution in [0.3, 0.4) is 0 Å². The second-order valence-electron chi connectivity index (χ2n) is 4.28. The lowest BCUT2D eigenvalue weighted by molar-refractivity contribution is -0.137. The summed E-state index contributed by atoms with van der Waals surface area (Å²) in [6.45, 7) is 6.27. The molecule has 0 aliphatic carbocycles. The summed E-state index contributed by atoms with van der Waals surface area (Å²) in [7, 11) is 0. The largest absolute Gasteiger partial charge is 0.463 e. The Bertz CT molecular complexity index is 484. The van der Waals surface area contributed by atoms with E-state index in [4.69, 9.17) is 10.00 Å². The fraction of sp³-hybridized carbons (Fsp3) is 0.333. The molecule has 0 unspecified atom stereocenters. The number of carbonyl (C=O) groups is 1. The van der Waals surface area contributed by atoms with E-state index in [1.54, 1.807) is 6.92 Å². The maximum absolute atomic E-state index is 11.2. The van der Waals surface area contributed by atoms with Gasteiger partial charge in [-0.2, -0.15) is 5.26 Å². The van der Waals surface area contributed by atoms with Gasteiger partial charge in [-0.05, 0) is 30.5 Å². The highest BCUT2D eigenvalue weighted by Gasteiger charge is 2.04. The molecule has 19 heavy (non-hydrogen) atoms. The Balaban J connectivity index is 2.81. The summed E-state index contributed by atoms with van der Waals surface area (Å²) in [5.41, 5.74) is 1.92. The van der Waals surface area contributed by atoms with Crippen molar-refractivity contribution in [1.82, 2.24) is 0 Å². The number of nitrogens with zero attached hydrogens (tertiary/aromatic N) is 2. The predicted octanol–water partition coefficient (Wildman–Crippen LogP) is 3.17. The van der Waals surface area contributed by atoms with Gasteiger partial charge < -0.3 is 4.74 Å². The van der Waals surface area contributed by atoms with Crippen molar-refractivity contribution in [2.45, 2.75) is 26.7 Å². The normalized spacial score (nSPS) is 10.5. The van der Waals surface area contributed by atoms with Crippen LogP contribution >= 0.6 is 0 Å². The average molecular weight is 258 g/mol. The van der Waals surface area contributed by atoms with E-state index >= 15 is 0 Å². The van der Waals surface area contributed by atoms with Crippen molar-refractivity contribution < 1.29 is 9.53 Å². The van der Waals surface area contributed by atoms with Gasteiger partial charge in [0.1, 0.15) is 0 Å². The molecule has 0 saturated carbocycles. The fourth-order valence-electron chi connectivity index (χ4n) is 1.52. The molecule has 0 N–H and O–H groups in total. The molecule has 0 amide bonds. The SMILES string of the molecule is CCOC(=O)/C=C\N(C#N)c1ccc(C(C)C)cc1. The molecular weight excluding hydrogens is 240 g/mol. The standard InChI is InChI=1S/C15H18N2O2/c1-4-19-15(18)9-10-17(11-16)14-7-5-13(6-8-14)12(2)3/h5-10,12H,4H2,1-3H3/b10-9-. The molecule has 100 valence electrons. The van der Waals surface area contributed by atoms with Gasteiger partial charge in [-0.25, -0.2) is 4.79 Å². The monoisotopic (exact) mass is 258 g/mol. The second kappa shape index (κ2) is 7.22. The smallest absolute Gasteiger partial charge is 0.332 e. The van der Waals surface area contributed by atoms with Crippen LogP contribution < -0.4 is 4.90 Å². The average Bonchev–Trinajstić information content (AvgIpc) is 2.40. The minimum Gasteiger partial charge on any atom is -0.463 e. The maximum atomic E-state index is 11.2. The highest BCUT2D eigenvalue weighted by Crippen LogP contribution is 2.19. The van der Waals surface area contributed by atoms with Crippen molar-refractivity contribution in [3.63, 3.8) is 0 Å². The highest BCUT2D eigenvalue weighted by molar-refractivity contribution is 5.82. The first kappa shape index (κ1) is 14.8. The van der Waals surface area contributed by atoms with Crippen LogP contribution in [0.25, 0.3) is 0 Å². The molecular formula is C15H18N2O2. The van der Waals surface area contributed by atoms with Crippen LogP contribution in [0.2, 0.25) is 0 Å². The number of hydrogen-bond donors (Lipinski definition) is 0. The Morgan fingerprint density at radius 3 is 2.53 bits per heavy atom. The van der Waals surface area contributed by atoms with E-state index in [2.05, 4.69) is 13.8 Å². The van der Waals surface area contributed by atoms with Gasteiger partial charge in [0.2, 0.25) is 0 Å². The van der Waals surface area contributed by atoms with E-state index in [9.17, 15) is 4.79 Å². The van der Waals surface area contributed by atoms with E-state index in [1.807, 2.05) is 30.5 Å². The molecule has 0 aliphatic heterocycles. The van der Waals surface area contributed by atoms with Gasteiger partial charge in [0, 0.05) is 12.3 Å². The van der Waals surface area contributed by atoms with Crippen LogP contribution in [-0.2, 0) is 9.53 Å². The lowest BCUT2D eigenvalue weighted by atomic mass is 10.0. The number of esters is 1. The van der Waals surface area contributed by atoms with Gasteiger partial charge in [-0.1, -0.05) is 26.0 Å². The van der Waals surface area contributed by atoms with Gasteiger partial charge in [0.25, 0.3) is 0 Å². The summed E-state index contributed by atoms with van der Waals surface area (Å²) >= 11 is 0. The van der Waals surface area contributed by atoms with Crippen LogP contribution in [0.4, 0.5) is 5.69 Å². The predicted molar refractivity (Wildman–Crippen MR) is 74.4 cm³/mol. The van der Waals surface area contributed by atoms with E-state index in [0.717, 1.165) is 0 Å². The Labute approximate surface area is 113 Å². The maximum Gasteiger partial charge on any atom is 0.332 e. The number of benzene rings is 1. The summed E-state index contributed by atoms with van der Waals surface area (Å²) in [6.07, 6.45) is 4.65. The van der Waals surface area contributed by atoms with Gasteiger partial charge in [-0.3, -0.25) is 4.90 Å². The van der Waals surface area contributed by atoms with Crippen molar-refractivity contribution in [2.75, 3.05) is 11.5 Å². The molecule has 0 fully saturated rings. The molecule has 0 heterocycles. The molecule has 0 aliphatic rings. The molecule has 0 aromatic heterocycles. The molecule has 0 spiro atoms. The van der Waals surface area contributed by atoms with E-state index in [0.29, 0.717) is 18.2 Å². The topological polar surface area (TPSA) is 53.3 Å². The Hall–Kier alpha value is -2.28. The van der Waals surface area contributed by atoms with E-state index in [-0.39, 0.29) is 0 Å². The van der Waals surface area contributed by atoms with Crippen LogP contribution in [0.1, 0.15) is 32.3 Å². The molecule has 0 radical (unpaired) electrons. The van der Waals surface area contributed by atoms with Gasteiger partial charge in [0.05, 0.1) is 12.3 Å². The molecule has 1 rings (SSSR count). The molecule has 1 aromatic rings. The molecule has 4 heteroatoms. The number of ether oxygens (including phenoxy) is 1. The zero-order valence-electron chi connectivity index (χ0n) is 11.5. The molecule has 0 atom stereocenters. The van der Waals surface area contributed by atoms with Crippen molar-refractivity contribution in [3.8, 4) is 6.19 Å².